The molecule has 212 valence electrons. The monoisotopic (exact) mass is 578 g/mol. The third-order valence-corrected chi connectivity index (χ3v) is 8.55. The average molecular weight is 579 g/mol. The van der Waals surface area contributed by atoms with Gasteiger partial charge in [-0.3, -0.25) is 0 Å². The molecule has 5 nitrogen and oxygen atoms in total. The first kappa shape index (κ1) is 25.4. The molecule has 0 radical (unpaired) electrons. The van der Waals surface area contributed by atoms with E-state index >= 15 is 0 Å². The maximum Gasteiger partial charge on any atom is 0.202 e. The van der Waals surface area contributed by atoms with Gasteiger partial charge >= 0.3 is 0 Å². The lowest BCUT2D eigenvalue weighted by Gasteiger charge is -2.22. The number of hydrogen-bond acceptors (Lipinski definition) is 5. The lowest BCUT2D eigenvalue weighted by Crippen LogP contribution is -2.22. The maximum absolute atomic E-state index is 6.33. The molecule has 0 saturated heterocycles. The number of hydrogen-bond donors (Lipinski definition) is 1. The van der Waals surface area contributed by atoms with Crippen LogP contribution >= 0.6 is 0 Å². The molecule has 2 aromatic heterocycles. The number of nitrogens with one attached hydrogen (secondary N) is 1. The lowest BCUT2D eigenvalue weighted by molar-refractivity contribution is 0.622. The second-order valence-electron chi connectivity index (χ2n) is 11.3. The second kappa shape index (κ2) is 10.3. The normalized spacial score (nSPS) is 15.0. The van der Waals surface area contributed by atoms with Crippen LogP contribution in [0.15, 0.2) is 150 Å². The van der Waals surface area contributed by atoms with Crippen molar-refractivity contribution in [3.05, 3.63) is 151 Å². The molecule has 1 aliphatic heterocycles. The van der Waals surface area contributed by atoms with Gasteiger partial charge in [0, 0.05) is 27.6 Å². The van der Waals surface area contributed by atoms with Crippen LogP contribution in [0.5, 0.6) is 0 Å². The molecule has 45 heavy (non-hydrogen) atoms. The molecular weight excluding hydrogens is 552 g/mol. The number of fused-ring (bicyclic) bond motifs is 5. The Hall–Kier alpha value is -6.07. The summed E-state index contributed by atoms with van der Waals surface area (Å²) in [5.41, 5.74) is 8.06. The molecule has 7 aromatic rings. The van der Waals surface area contributed by atoms with E-state index in [1.165, 1.54) is 21.9 Å². The molecule has 1 atom stereocenters. The van der Waals surface area contributed by atoms with E-state index in [1.807, 2.05) is 42.5 Å². The quantitative estimate of drug-likeness (QED) is 0.225. The van der Waals surface area contributed by atoms with Gasteiger partial charge in [-0.2, -0.15) is 0 Å². The van der Waals surface area contributed by atoms with Crippen LogP contribution < -0.4 is 5.32 Å². The fourth-order valence-electron chi connectivity index (χ4n) is 6.26. The van der Waals surface area contributed by atoms with Crippen LogP contribution in [0.3, 0.4) is 0 Å². The summed E-state index contributed by atoms with van der Waals surface area (Å²) in [5, 5.41) is 6.98. The molecule has 0 bridgehead atoms. The van der Waals surface area contributed by atoms with E-state index in [0.29, 0.717) is 17.5 Å². The maximum atomic E-state index is 6.33. The molecular formula is C40H26N4O. The standard InChI is InChI=1S/C40H26N4O/c1-2-10-27(11-3-1)37-42-38(28-20-17-26(18-21-28)30-22-19-25-9-4-5-12-29(25)23-30)44-39(43-37)32-14-8-16-35-36(32)33-24-31-13-6-7-15-34(31)41-40(33)45-35/h1-24,34,41H. The number of furan rings is 1. The lowest BCUT2D eigenvalue weighted by atomic mass is 9.94. The van der Waals surface area contributed by atoms with Gasteiger partial charge in [-0.05, 0) is 45.7 Å². The van der Waals surface area contributed by atoms with Gasteiger partial charge in [-0.15, -0.1) is 0 Å². The summed E-state index contributed by atoms with van der Waals surface area (Å²) in [6.07, 6.45) is 10.6. The molecule has 0 saturated carbocycles. The number of benzene rings is 5. The smallest absolute Gasteiger partial charge is 0.202 e. The van der Waals surface area contributed by atoms with E-state index in [9.17, 15) is 0 Å². The Balaban J connectivity index is 1.18. The summed E-state index contributed by atoms with van der Waals surface area (Å²) in [6, 6.07) is 39.7. The van der Waals surface area contributed by atoms with Crippen molar-refractivity contribution in [1.82, 2.24) is 15.0 Å². The van der Waals surface area contributed by atoms with Crippen molar-refractivity contribution in [2.45, 2.75) is 6.04 Å². The summed E-state index contributed by atoms with van der Waals surface area (Å²) < 4.78 is 6.33. The van der Waals surface area contributed by atoms with E-state index in [4.69, 9.17) is 19.4 Å². The minimum absolute atomic E-state index is 0.0950. The summed E-state index contributed by atoms with van der Waals surface area (Å²) in [6.45, 7) is 0. The highest BCUT2D eigenvalue weighted by atomic mass is 16.4. The number of allylic oxidation sites excluding steroid dienone is 2. The zero-order valence-electron chi connectivity index (χ0n) is 24.2. The summed E-state index contributed by atoms with van der Waals surface area (Å²) in [7, 11) is 0. The topological polar surface area (TPSA) is 63.8 Å². The highest BCUT2D eigenvalue weighted by Gasteiger charge is 2.26. The molecule has 1 aliphatic carbocycles. The first-order valence-corrected chi connectivity index (χ1v) is 15.1. The SMILES string of the molecule is C1=CC2=Cc3c(oc4cccc(-c5nc(-c6ccccc6)nc(-c6ccc(-c7ccc8ccccc8c7)cc6)n5)c34)NC2C=C1. The van der Waals surface area contributed by atoms with Crippen LogP contribution in [0.25, 0.3) is 73.1 Å². The van der Waals surface area contributed by atoms with Crippen molar-refractivity contribution in [3.8, 4) is 45.3 Å². The summed E-state index contributed by atoms with van der Waals surface area (Å²) in [4.78, 5) is 15.1. The molecule has 2 aliphatic rings. The zero-order valence-corrected chi connectivity index (χ0v) is 24.2. The number of rotatable bonds is 4. The molecule has 0 spiro atoms. The summed E-state index contributed by atoms with van der Waals surface area (Å²) >= 11 is 0. The number of nitrogens with zero attached hydrogens (tertiary/aromatic N) is 3. The van der Waals surface area contributed by atoms with E-state index in [-0.39, 0.29) is 6.04 Å². The van der Waals surface area contributed by atoms with Gasteiger partial charge in [0.1, 0.15) is 5.58 Å². The molecule has 3 heterocycles. The van der Waals surface area contributed by atoms with Crippen molar-refractivity contribution in [1.29, 1.82) is 0 Å². The van der Waals surface area contributed by atoms with Gasteiger partial charge < -0.3 is 9.73 Å². The van der Waals surface area contributed by atoms with Crippen LogP contribution in [-0.4, -0.2) is 21.0 Å². The molecule has 5 heteroatoms. The number of anilines is 1. The molecule has 1 N–H and O–H groups in total. The number of aromatic nitrogens is 3. The highest BCUT2D eigenvalue weighted by Crippen LogP contribution is 2.42. The Labute approximate surface area is 260 Å². The molecule has 5 aromatic carbocycles. The Bertz CT molecular complexity index is 2350. The molecule has 1 unspecified atom stereocenters. The van der Waals surface area contributed by atoms with Gasteiger partial charge in [-0.25, -0.2) is 15.0 Å². The fourth-order valence-corrected chi connectivity index (χ4v) is 6.26. The van der Waals surface area contributed by atoms with E-state index in [1.54, 1.807) is 0 Å². The van der Waals surface area contributed by atoms with Gasteiger partial charge in [0.15, 0.2) is 17.5 Å². The zero-order chi connectivity index (χ0) is 29.7. The Morgan fingerprint density at radius 1 is 0.578 bits per heavy atom. The summed E-state index contributed by atoms with van der Waals surface area (Å²) in [5.74, 6) is 2.61. The Morgan fingerprint density at radius 3 is 2.13 bits per heavy atom. The molecule has 0 amide bonds. The third kappa shape index (κ3) is 4.45. The van der Waals surface area contributed by atoms with Gasteiger partial charge in [0.25, 0.3) is 0 Å². The predicted octanol–water partition coefficient (Wildman–Crippen LogP) is 9.74. The first-order chi connectivity index (χ1) is 22.3. The second-order valence-corrected chi connectivity index (χ2v) is 11.3. The predicted molar refractivity (Wildman–Crippen MR) is 183 cm³/mol. The van der Waals surface area contributed by atoms with Crippen molar-refractivity contribution in [2.75, 3.05) is 5.32 Å². The Morgan fingerprint density at radius 2 is 1.29 bits per heavy atom. The highest BCUT2D eigenvalue weighted by molar-refractivity contribution is 6.03. The average Bonchev–Trinajstić information content (AvgIpc) is 3.48. The Kier molecular flexibility index (Phi) is 5.81. The minimum Gasteiger partial charge on any atom is -0.440 e. The van der Waals surface area contributed by atoms with Gasteiger partial charge in [0.05, 0.1) is 6.04 Å². The third-order valence-electron chi connectivity index (χ3n) is 8.55. The van der Waals surface area contributed by atoms with E-state index in [0.717, 1.165) is 44.7 Å². The van der Waals surface area contributed by atoms with E-state index in [2.05, 4.69) is 108 Å². The van der Waals surface area contributed by atoms with Crippen LogP contribution in [0, 0.1) is 0 Å². The van der Waals surface area contributed by atoms with Crippen LogP contribution in [-0.2, 0) is 0 Å². The van der Waals surface area contributed by atoms with E-state index < -0.39 is 0 Å². The molecule has 0 fully saturated rings. The van der Waals surface area contributed by atoms with Crippen molar-refractivity contribution in [3.63, 3.8) is 0 Å². The van der Waals surface area contributed by atoms with Crippen molar-refractivity contribution < 1.29 is 4.42 Å². The van der Waals surface area contributed by atoms with Crippen molar-refractivity contribution >= 4 is 33.7 Å². The van der Waals surface area contributed by atoms with Gasteiger partial charge in [0.2, 0.25) is 5.88 Å². The minimum atomic E-state index is 0.0950. The first-order valence-electron chi connectivity index (χ1n) is 15.1. The van der Waals surface area contributed by atoms with Crippen LogP contribution in [0.1, 0.15) is 5.56 Å². The molecule has 9 rings (SSSR count). The largest absolute Gasteiger partial charge is 0.440 e. The van der Waals surface area contributed by atoms with Crippen LogP contribution in [0.4, 0.5) is 5.88 Å². The van der Waals surface area contributed by atoms with Gasteiger partial charge in [-0.1, -0.05) is 127 Å². The van der Waals surface area contributed by atoms with Crippen LogP contribution in [0.2, 0.25) is 0 Å². The van der Waals surface area contributed by atoms with Crippen molar-refractivity contribution in [2.24, 2.45) is 0 Å². The fraction of sp³-hybridized carbons (Fsp3) is 0.0250.